The fraction of sp³-hybridized carbons (Fsp3) is 0.167. The van der Waals surface area contributed by atoms with Gasteiger partial charge >= 0.3 is 0 Å². The van der Waals surface area contributed by atoms with Crippen molar-refractivity contribution in [3.8, 4) is 5.75 Å². The van der Waals surface area contributed by atoms with Crippen molar-refractivity contribution in [3.63, 3.8) is 0 Å². The second kappa shape index (κ2) is 8.30. The van der Waals surface area contributed by atoms with Crippen LogP contribution in [0, 0.1) is 6.92 Å². The molecule has 0 saturated heterocycles. The van der Waals surface area contributed by atoms with E-state index in [1.54, 1.807) is 50.2 Å². The number of anilines is 1. The van der Waals surface area contributed by atoms with Gasteiger partial charge in [0.15, 0.2) is 0 Å². The lowest BCUT2D eigenvalue weighted by molar-refractivity contribution is -0.115. The minimum atomic E-state index is -0.543. The van der Waals surface area contributed by atoms with Gasteiger partial charge in [-0.25, -0.2) is 5.43 Å². The first-order chi connectivity index (χ1) is 11.9. The lowest BCUT2D eigenvalue weighted by Crippen LogP contribution is -2.21. The zero-order chi connectivity index (χ0) is 18.4. The number of aromatic hydroxyl groups is 1. The van der Waals surface area contributed by atoms with Gasteiger partial charge < -0.3 is 10.4 Å². The standard InChI is InChI=1S/C18H18ClN3O3/c1-11-4-3-5-15(17(11)24)18(25)22-21-12(2)10-16(23)20-14-8-6-13(19)7-9-14/h3-9,24H,10H2,1-2H3,(H,20,23)(H,22,25). The van der Waals surface area contributed by atoms with Gasteiger partial charge in [-0.05, 0) is 49.7 Å². The topological polar surface area (TPSA) is 90.8 Å². The van der Waals surface area contributed by atoms with E-state index in [4.69, 9.17) is 11.6 Å². The van der Waals surface area contributed by atoms with Crippen molar-refractivity contribution in [2.75, 3.05) is 5.32 Å². The molecule has 0 aliphatic carbocycles. The Morgan fingerprint density at radius 3 is 2.52 bits per heavy atom. The van der Waals surface area contributed by atoms with Crippen LogP contribution in [0.3, 0.4) is 0 Å². The number of para-hydroxylation sites is 1. The summed E-state index contributed by atoms with van der Waals surface area (Å²) in [7, 11) is 0. The average Bonchev–Trinajstić information content (AvgIpc) is 2.57. The number of halogens is 1. The zero-order valence-electron chi connectivity index (χ0n) is 13.8. The van der Waals surface area contributed by atoms with Gasteiger partial charge in [-0.2, -0.15) is 5.10 Å². The van der Waals surface area contributed by atoms with Crippen molar-refractivity contribution < 1.29 is 14.7 Å². The van der Waals surface area contributed by atoms with Crippen LogP contribution in [-0.2, 0) is 4.79 Å². The van der Waals surface area contributed by atoms with Crippen LogP contribution < -0.4 is 10.7 Å². The number of phenols is 1. The van der Waals surface area contributed by atoms with Gasteiger partial charge in [-0.1, -0.05) is 23.7 Å². The molecule has 2 amide bonds. The van der Waals surface area contributed by atoms with Crippen molar-refractivity contribution in [1.29, 1.82) is 0 Å². The van der Waals surface area contributed by atoms with E-state index in [2.05, 4.69) is 15.8 Å². The summed E-state index contributed by atoms with van der Waals surface area (Å²) in [5.74, 6) is -0.900. The second-order valence-electron chi connectivity index (χ2n) is 5.49. The van der Waals surface area contributed by atoms with Crippen LogP contribution in [0.2, 0.25) is 5.02 Å². The van der Waals surface area contributed by atoms with E-state index in [1.165, 1.54) is 6.07 Å². The van der Waals surface area contributed by atoms with Crippen LogP contribution in [0.4, 0.5) is 5.69 Å². The largest absolute Gasteiger partial charge is 0.507 e. The van der Waals surface area contributed by atoms with Gasteiger partial charge in [-0.15, -0.1) is 0 Å². The summed E-state index contributed by atoms with van der Waals surface area (Å²) in [5, 5.41) is 17.1. The summed E-state index contributed by atoms with van der Waals surface area (Å²) in [5.41, 5.74) is 4.10. The van der Waals surface area contributed by atoms with Crippen LogP contribution >= 0.6 is 11.6 Å². The Balaban J connectivity index is 1.92. The Labute approximate surface area is 150 Å². The second-order valence-corrected chi connectivity index (χ2v) is 5.93. The number of benzene rings is 2. The third kappa shape index (κ3) is 5.32. The van der Waals surface area contributed by atoms with Crippen molar-refractivity contribution >= 4 is 34.8 Å². The van der Waals surface area contributed by atoms with Gasteiger partial charge in [0, 0.05) is 16.4 Å². The maximum atomic E-state index is 12.0. The van der Waals surface area contributed by atoms with Crippen LogP contribution in [-0.4, -0.2) is 22.6 Å². The van der Waals surface area contributed by atoms with Gasteiger partial charge in [-0.3, -0.25) is 9.59 Å². The molecule has 2 rings (SSSR count). The van der Waals surface area contributed by atoms with Gasteiger partial charge in [0.25, 0.3) is 5.91 Å². The van der Waals surface area contributed by atoms with Crippen molar-refractivity contribution in [2.45, 2.75) is 20.3 Å². The molecule has 2 aromatic rings. The number of carbonyl (C=O) groups is 2. The minimum Gasteiger partial charge on any atom is -0.507 e. The summed E-state index contributed by atoms with van der Waals surface area (Å²) < 4.78 is 0. The fourth-order valence-corrected chi connectivity index (χ4v) is 2.18. The molecule has 0 aliphatic heterocycles. The predicted molar refractivity (Wildman–Crippen MR) is 98.1 cm³/mol. The molecule has 6 nitrogen and oxygen atoms in total. The van der Waals surface area contributed by atoms with E-state index in [0.29, 0.717) is 22.0 Å². The highest BCUT2D eigenvalue weighted by Gasteiger charge is 2.12. The van der Waals surface area contributed by atoms with E-state index in [9.17, 15) is 14.7 Å². The molecule has 0 aliphatic rings. The smallest absolute Gasteiger partial charge is 0.275 e. The van der Waals surface area contributed by atoms with Gasteiger partial charge in [0.1, 0.15) is 5.75 Å². The highest BCUT2D eigenvalue weighted by molar-refractivity contribution is 6.30. The van der Waals surface area contributed by atoms with E-state index in [0.717, 1.165) is 0 Å². The number of hydrazone groups is 1. The number of amides is 2. The van der Waals surface area contributed by atoms with Crippen molar-refractivity contribution in [2.24, 2.45) is 5.10 Å². The number of hydrogen-bond donors (Lipinski definition) is 3. The highest BCUT2D eigenvalue weighted by Crippen LogP contribution is 2.21. The molecule has 25 heavy (non-hydrogen) atoms. The molecule has 130 valence electrons. The lowest BCUT2D eigenvalue weighted by Gasteiger charge is -2.07. The SMILES string of the molecule is CC(CC(=O)Nc1ccc(Cl)cc1)=NNC(=O)c1cccc(C)c1O. The first kappa shape index (κ1) is 18.5. The molecule has 0 spiro atoms. The monoisotopic (exact) mass is 359 g/mol. The first-order valence-corrected chi connectivity index (χ1v) is 7.92. The van der Waals surface area contributed by atoms with E-state index < -0.39 is 5.91 Å². The number of nitrogens with one attached hydrogen (secondary N) is 2. The molecule has 3 N–H and O–H groups in total. The Hall–Kier alpha value is -2.86. The molecule has 7 heteroatoms. The molecule has 0 unspecified atom stereocenters. The van der Waals surface area contributed by atoms with E-state index in [1.807, 2.05) is 0 Å². The van der Waals surface area contributed by atoms with Crippen molar-refractivity contribution in [3.05, 3.63) is 58.6 Å². The Morgan fingerprint density at radius 2 is 1.84 bits per heavy atom. The molecule has 0 heterocycles. The molecule has 2 aromatic carbocycles. The molecular formula is C18H18ClN3O3. The third-order valence-corrected chi connectivity index (χ3v) is 3.63. The minimum absolute atomic E-state index is 0.0166. The molecule has 0 saturated carbocycles. The number of phenolic OH excluding ortho intramolecular Hbond substituents is 1. The fourth-order valence-electron chi connectivity index (χ4n) is 2.06. The molecular weight excluding hydrogens is 342 g/mol. The van der Waals surface area contributed by atoms with E-state index in [-0.39, 0.29) is 23.6 Å². The summed E-state index contributed by atoms with van der Waals surface area (Å²) >= 11 is 5.78. The van der Waals surface area contributed by atoms with Gasteiger partial charge in [0.05, 0.1) is 12.0 Å². The number of nitrogens with zero attached hydrogens (tertiary/aromatic N) is 1. The molecule has 0 atom stereocenters. The normalized spacial score (nSPS) is 11.1. The van der Waals surface area contributed by atoms with Crippen LogP contribution in [0.5, 0.6) is 5.75 Å². The molecule has 0 bridgehead atoms. The first-order valence-electron chi connectivity index (χ1n) is 7.54. The Morgan fingerprint density at radius 1 is 1.16 bits per heavy atom. The summed E-state index contributed by atoms with van der Waals surface area (Å²) in [6, 6.07) is 11.6. The zero-order valence-corrected chi connectivity index (χ0v) is 14.6. The number of carbonyl (C=O) groups excluding carboxylic acids is 2. The maximum Gasteiger partial charge on any atom is 0.275 e. The summed E-state index contributed by atoms with van der Waals surface area (Å²) in [6.07, 6.45) is 0.0166. The molecule has 0 radical (unpaired) electrons. The molecule has 0 fully saturated rings. The number of hydrogen-bond acceptors (Lipinski definition) is 4. The Kier molecular flexibility index (Phi) is 6.14. The highest BCUT2D eigenvalue weighted by atomic mass is 35.5. The number of aryl methyl sites for hydroxylation is 1. The Bertz CT molecular complexity index is 817. The molecule has 0 aromatic heterocycles. The van der Waals surface area contributed by atoms with Crippen LogP contribution in [0.25, 0.3) is 0 Å². The third-order valence-electron chi connectivity index (χ3n) is 3.38. The lowest BCUT2D eigenvalue weighted by atomic mass is 10.1. The summed E-state index contributed by atoms with van der Waals surface area (Å²) in [4.78, 5) is 24.0. The van der Waals surface area contributed by atoms with Crippen molar-refractivity contribution in [1.82, 2.24) is 5.43 Å². The number of rotatable bonds is 5. The van der Waals surface area contributed by atoms with Crippen LogP contribution in [0.1, 0.15) is 29.3 Å². The summed E-state index contributed by atoms with van der Waals surface area (Å²) in [6.45, 7) is 3.32. The predicted octanol–water partition coefficient (Wildman–Crippen LogP) is 3.49. The average molecular weight is 360 g/mol. The van der Waals surface area contributed by atoms with Gasteiger partial charge in [0.2, 0.25) is 5.91 Å². The van der Waals surface area contributed by atoms with E-state index >= 15 is 0 Å². The van der Waals surface area contributed by atoms with Crippen LogP contribution in [0.15, 0.2) is 47.6 Å². The maximum absolute atomic E-state index is 12.0. The quantitative estimate of drug-likeness (QED) is 0.563.